The van der Waals surface area contributed by atoms with E-state index < -0.39 is 0 Å². The number of halogens is 1. The van der Waals surface area contributed by atoms with Crippen LogP contribution in [-0.2, 0) is 11.8 Å². The molecule has 6 nitrogen and oxygen atoms in total. The molecule has 1 unspecified atom stereocenters. The zero-order valence-corrected chi connectivity index (χ0v) is 16.7. The van der Waals surface area contributed by atoms with Crippen molar-refractivity contribution in [2.24, 2.45) is 7.05 Å². The maximum Gasteiger partial charge on any atom is 0.234 e. The first-order valence-electron chi connectivity index (χ1n) is 8.73. The van der Waals surface area contributed by atoms with Crippen LogP contribution >= 0.6 is 11.8 Å². The maximum absolute atomic E-state index is 12.9. The van der Waals surface area contributed by atoms with Crippen molar-refractivity contribution in [1.29, 1.82) is 0 Å². The summed E-state index contributed by atoms with van der Waals surface area (Å²) >= 11 is 1.27. The van der Waals surface area contributed by atoms with Gasteiger partial charge in [0.15, 0.2) is 17.1 Å². The normalized spacial score (nSPS) is 11.9. The predicted octanol–water partition coefficient (Wildman–Crippen LogP) is 4.13. The van der Waals surface area contributed by atoms with E-state index in [1.54, 1.807) is 0 Å². The topological polar surface area (TPSA) is 69.0 Å². The number of aromatic nitrogens is 3. The fourth-order valence-electron chi connectivity index (χ4n) is 2.54. The highest BCUT2D eigenvalue weighted by molar-refractivity contribution is 7.99. The highest BCUT2D eigenvalue weighted by Gasteiger charge is 2.18. The Hall–Kier alpha value is -2.87. The number of aryl methyl sites for hydroxylation is 1. The number of carbonyl (C=O) groups is 1. The van der Waals surface area contributed by atoms with Crippen molar-refractivity contribution in [3.05, 3.63) is 65.7 Å². The third-order valence-electron chi connectivity index (χ3n) is 4.03. The van der Waals surface area contributed by atoms with Gasteiger partial charge >= 0.3 is 0 Å². The first-order chi connectivity index (χ1) is 13.4. The molecular formula is C20H21FN4O2S. The van der Waals surface area contributed by atoms with E-state index in [0.717, 1.165) is 11.3 Å². The number of carbonyl (C=O) groups excluding carboxylic acids is 1. The van der Waals surface area contributed by atoms with Gasteiger partial charge in [0, 0.05) is 12.7 Å². The van der Waals surface area contributed by atoms with E-state index in [1.165, 1.54) is 36.0 Å². The smallest absolute Gasteiger partial charge is 0.234 e. The Morgan fingerprint density at radius 2 is 1.86 bits per heavy atom. The molecule has 0 radical (unpaired) electrons. The molecule has 1 heterocycles. The summed E-state index contributed by atoms with van der Waals surface area (Å²) < 4.78 is 20.7. The summed E-state index contributed by atoms with van der Waals surface area (Å²) in [6, 6.07) is 13.4. The molecule has 0 aliphatic rings. The molecular weight excluding hydrogens is 379 g/mol. The molecule has 1 aromatic heterocycles. The highest BCUT2D eigenvalue weighted by atomic mass is 32.2. The van der Waals surface area contributed by atoms with Crippen molar-refractivity contribution in [2.45, 2.75) is 25.1 Å². The molecule has 3 rings (SSSR count). The van der Waals surface area contributed by atoms with Crippen molar-refractivity contribution in [3.8, 4) is 5.75 Å². The zero-order chi connectivity index (χ0) is 20.1. The van der Waals surface area contributed by atoms with Crippen LogP contribution in [0, 0.1) is 12.7 Å². The van der Waals surface area contributed by atoms with Crippen LogP contribution in [0.1, 0.15) is 24.4 Å². The minimum Gasteiger partial charge on any atom is -0.483 e. The standard InChI is InChI=1S/C20H21FN4O2S/c1-13-4-10-17(11-5-13)27-14(2)19-23-24-20(25(19)3)28-12-18(26)22-16-8-6-15(21)7-9-16/h4-11,14H,12H2,1-3H3,(H,22,26). The lowest BCUT2D eigenvalue weighted by atomic mass is 10.2. The van der Waals surface area contributed by atoms with Crippen LogP contribution in [0.3, 0.4) is 0 Å². The van der Waals surface area contributed by atoms with Crippen LogP contribution in [0.2, 0.25) is 0 Å². The lowest BCUT2D eigenvalue weighted by Crippen LogP contribution is -2.14. The van der Waals surface area contributed by atoms with E-state index in [1.807, 2.05) is 49.7 Å². The molecule has 0 saturated carbocycles. The summed E-state index contributed by atoms with van der Waals surface area (Å²) in [7, 11) is 1.84. The number of anilines is 1. The van der Waals surface area contributed by atoms with Gasteiger partial charge in [0.2, 0.25) is 5.91 Å². The van der Waals surface area contributed by atoms with E-state index in [0.29, 0.717) is 16.7 Å². The Bertz CT molecular complexity index is 942. The molecule has 0 fully saturated rings. The maximum atomic E-state index is 12.9. The van der Waals surface area contributed by atoms with Crippen molar-refractivity contribution in [1.82, 2.24) is 14.8 Å². The van der Waals surface area contributed by atoms with Gasteiger partial charge in [-0.3, -0.25) is 4.79 Å². The number of hydrogen-bond donors (Lipinski definition) is 1. The molecule has 3 aromatic rings. The van der Waals surface area contributed by atoms with Crippen LogP contribution in [0.25, 0.3) is 0 Å². The third-order valence-corrected chi connectivity index (χ3v) is 5.05. The Morgan fingerprint density at radius 1 is 1.18 bits per heavy atom. The molecule has 0 bridgehead atoms. The summed E-state index contributed by atoms with van der Waals surface area (Å²) in [5, 5.41) is 11.7. The molecule has 2 aromatic carbocycles. The number of amides is 1. The number of benzene rings is 2. The lowest BCUT2D eigenvalue weighted by molar-refractivity contribution is -0.113. The molecule has 0 saturated heterocycles. The van der Waals surface area contributed by atoms with Crippen LogP contribution in [-0.4, -0.2) is 26.4 Å². The molecule has 1 N–H and O–H groups in total. The fourth-order valence-corrected chi connectivity index (χ4v) is 3.26. The van der Waals surface area contributed by atoms with E-state index >= 15 is 0 Å². The number of nitrogens with one attached hydrogen (secondary N) is 1. The van der Waals surface area contributed by atoms with Crippen molar-refractivity contribution < 1.29 is 13.9 Å². The molecule has 1 amide bonds. The van der Waals surface area contributed by atoms with Gasteiger partial charge in [-0.15, -0.1) is 10.2 Å². The summed E-state index contributed by atoms with van der Waals surface area (Å²) in [4.78, 5) is 12.1. The van der Waals surface area contributed by atoms with Crippen molar-refractivity contribution >= 4 is 23.4 Å². The van der Waals surface area contributed by atoms with E-state index in [-0.39, 0.29) is 23.6 Å². The van der Waals surface area contributed by atoms with E-state index in [2.05, 4.69) is 15.5 Å². The van der Waals surface area contributed by atoms with Gasteiger partial charge in [-0.25, -0.2) is 4.39 Å². The molecule has 0 spiro atoms. The lowest BCUT2D eigenvalue weighted by Gasteiger charge is -2.14. The average Bonchev–Trinajstić information content (AvgIpc) is 3.04. The number of thioether (sulfide) groups is 1. The summed E-state index contributed by atoms with van der Waals surface area (Å²) in [5.41, 5.74) is 1.71. The van der Waals surface area contributed by atoms with Gasteiger partial charge in [0.05, 0.1) is 5.75 Å². The molecule has 0 aliphatic heterocycles. The van der Waals surface area contributed by atoms with Gasteiger partial charge in [-0.05, 0) is 50.2 Å². The monoisotopic (exact) mass is 400 g/mol. The Balaban J connectivity index is 1.57. The quantitative estimate of drug-likeness (QED) is 0.604. The Morgan fingerprint density at radius 3 is 2.54 bits per heavy atom. The highest BCUT2D eigenvalue weighted by Crippen LogP contribution is 2.24. The number of rotatable bonds is 7. The SMILES string of the molecule is Cc1ccc(OC(C)c2nnc(SCC(=O)Nc3ccc(F)cc3)n2C)cc1. The Labute approximate surface area is 167 Å². The molecule has 146 valence electrons. The second-order valence-corrected chi connectivity index (χ2v) is 7.26. The predicted molar refractivity (Wildman–Crippen MR) is 107 cm³/mol. The average molecular weight is 400 g/mol. The largest absolute Gasteiger partial charge is 0.483 e. The van der Waals surface area contributed by atoms with Crippen molar-refractivity contribution in [2.75, 3.05) is 11.1 Å². The summed E-state index contributed by atoms with van der Waals surface area (Å²) in [5.74, 6) is 1.04. The van der Waals surface area contributed by atoms with Gasteiger partial charge < -0.3 is 14.6 Å². The minimum atomic E-state index is -0.346. The summed E-state index contributed by atoms with van der Waals surface area (Å²) in [6.07, 6.45) is -0.289. The second-order valence-electron chi connectivity index (χ2n) is 6.32. The zero-order valence-electron chi connectivity index (χ0n) is 15.8. The van der Waals surface area contributed by atoms with Crippen LogP contribution < -0.4 is 10.1 Å². The van der Waals surface area contributed by atoms with Crippen LogP contribution in [0.5, 0.6) is 5.75 Å². The number of nitrogens with zero attached hydrogens (tertiary/aromatic N) is 3. The van der Waals surface area contributed by atoms with Gasteiger partial charge in [0.25, 0.3) is 0 Å². The van der Waals surface area contributed by atoms with Gasteiger partial charge in [0.1, 0.15) is 11.6 Å². The van der Waals surface area contributed by atoms with Gasteiger partial charge in [-0.2, -0.15) is 0 Å². The first kappa shape index (κ1) is 19.9. The van der Waals surface area contributed by atoms with E-state index in [4.69, 9.17) is 4.74 Å². The van der Waals surface area contributed by atoms with Crippen LogP contribution in [0.15, 0.2) is 53.7 Å². The fraction of sp³-hybridized carbons (Fsp3) is 0.250. The van der Waals surface area contributed by atoms with Crippen LogP contribution in [0.4, 0.5) is 10.1 Å². The number of hydrogen-bond acceptors (Lipinski definition) is 5. The minimum absolute atomic E-state index is 0.163. The molecule has 8 heteroatoms. The van der Waals surface area contributed by atoms with Crippen molar-refractivity contribution in [3.63, 3.8) is 0 Å². The summed E-state index contributed by atoms with van der Waals surface area (Å²) in [6.45, 7) is 3.92. The molecule has 0 aliphatic carbocycles. The second kappa shape index (κ2) is 8.88. The molecule has 1 atom stereocenters. The third kappa shape index (κ3) is 5.10. The van der Waals surface area contributed by atoms with Gasteiger partial charge in [-0.1, -0.05) is 29.5 Å². The number of ether oxygens (including phenoxy) is 1. The molecule has 28 heavy (non-hydrogen) atoms. The Kier molecular flexibility index (Phi) is 6.30. The van der Waals surface area contributed by atoms with E-state index in [9.17, 15) is 9.18 Å². The first-order valence-corrected chi connectivity index (χ1v) is 9.72.